The predicted molar refractivity (Wildman–Crippen MR) is 64.8 cm³/mol. The molecule has 2 aliphatic carbocycles. The monoisotopic (exact) mass is 290 g/mol. The van der Waals surface area contributed by atoms with Gasteiger partial charge in [0.25, 0.3) is 20.2 Å². The molecule has 2 N–H and O–H groups in total. The Hall–Kier alpha value is -1.22. The highest BCUT2D eigenvalue weighted by molar-refractivity contribution is 7.90. The van der Waals surface area contributed by atoms with Gasteiger partial charge >= 0.3 is 0 Å². The largest absolute Gasteiger partial charge is 0.294 e. The van der Waals surface area contributed by atoms with Gasteiger partial charge in [-0.15, -0.1) is 0 Å². The van der Waals surface area contributed by atoms with Crippen molar-refractivity contribution in [3.05, 3.63) is 46.9 Å². The summed E-state index contributed by atoms with van der Waals surface area (Å²) in [5.74, 6) is -0.827. The minimum atomic E-state index is -4.43. The van der Waals surface area contributed by atoms with Crippen LogP contribution >= 0.6 is 0 Å². The molecular weight excluding hydrogens is 280 g/mol. The van der Waals surface area contributed by atoms with Crippen LogP contribution in [0.1, 0.15) is 0 Å². The lowest BCUT2D eigenvalue weighted by molar-refractivity contribution is 0.464. The van der Waals surface area contributed by atoms with E-state index in [0.29, 0.717) is 0 Å². The van der Waals surface area contributed by atoms with E-state index in [-0.39, 0.29) is 10.5 Å². The van der Waals surface area contributed by atoms with Crippen LogP contribution in [0.4, 0.5) is 0 Å². The van der Waals surface area contributed by atoms with E-state index < -0.39 is 31.4 Å². The minimum absolute atomic E-state index is 0.144. The highest BCUT2D eigenvalue weighted by Gasteiger charge is 2.37. The second-order valence-corrected chi connectivity index (χ2v) is 6.87. The zero-order valence-corrected chi connectivity index (χ0v) is 10.6. The van der Waals surface area contributed by atoms with Gasteiger partial charge in [0.2, 0.25) is 0 Å². The fraction of sp³-hybridized carbons (Fsp3) is 0.200. The van der Waals surface area contributed by atoms with E-state index in [1.165, 1.54) is 36.5 Å². The maximum Gasteiger partial charge on any atom is 0.294 e. The van der Waals surface area contributed by atoms with Crippen molar-refractivity contribution in [2.24, 2.45) is 5.92 Å². The molecule has 0 aromatic rings. The Balaban J connectivity index is 2.54. The van der Waals surface area contributed by atoms with Crippen molar-refractivity contribution in [1.82, 2.24) is 0 Å². The third-order valence-corrected chi connectivity index (χ3v) is 4.83. The highest BCUT2D eigenvalue weighted by Crippen LogP contribution is 2.36. The summed E-state index contributed by atoms with van der Waals surface area (Å²) in [6, 6.07) is 0. The standard InChI is InChI=1S/C10H10O6S2/c11-17(12,13)9-5-1-3-7-8(9)4-2-6-10(7)18(14,15)16/h1-7,10H,(H,11,12,13)(H,14,15,16). The number of hydrogen-bond donors (Lipinski definition) is 2. The van der Waals surface area contributed by atoms with Crippen molar-refractivity contribution in [3.63, 3.8) is 0 Å². The summed E-state index contributed by atoms with van der Waals surface area (Å²) in [5.41, 5.74) is 0.144. The van der Waals surface area contributed by atoms with Crippen LogP contribution in [-0.2, 0) is 20.2 Å². The van der Waals surface area contributed by atoms with Gasteiger partial charge < -0.3 is 0 Å². The molecule has 2 unspecified atom stereocenters. The van der Waals surface area contributed by atoms with Crippen molar-refractivity contribution in [2.45, 2.75) is 5.25 Å². The number of fused-ring (bicyclic) bond motifs is 1. The Morgan fingerprint density at radius 3 is 2.11 bits per heavy atom. The molecule has 0 bridgehead atoms. The van der Waals surface area contributed by atoms with Gasteiger partial charge in [0.05, 0.1) is 4.91 Å². The molecule has 8 heteroatoms. The molecular formula is C10H10O6S2. The van der Waals surface area contributed by atoms with Crippen LogP contribution in [0.3, 0.4) is 0 Å². The molecule has 0 fully saturated rings. The fourth-order valence-electron chi connectivity index (χ4n) is 2.01. The first-order valence-electron chi connectivity index (χ1n) is 4.92. The van der Waals surface area contributed by atoms with Crippen molar-refractivity contribution in [1.29, 1.82) is 0 Å². The van der Waals surface area contributed by atoms with Crippen LogP contribution in [0.15, 0.2) is 46.9 Å². The van der Waals surface area contributed by atoms with Crippen LogP contribution < -0.4 is 0 Å². The highest BCUT2D eigenvalue weighted by atomic mass is 32.2. The maximum atomic E-state index is 11.2. The first kappa shape index (κ1) is 13.2. The van der Waals surface area contributed by atoms with Crippen LogP contribution in [0, 0.1) is 5.92 Å². The Kier molecular flexibility index (Phi) is 3.06. The van der Waals surface area contributed by atoms with Gasteiger partial charge in [-0.05, 0) is 11.6 Å². The molecule has 0 heterocycles. The Bertz CT molecular complexity index is 691. The summed E-state index contributed by atoms with van der Waals surface area (Å²) in [4.78, 5) is -0.354. The second kappa shape index (κ2) is 4.16. The first-order chi connectivity index (χ1) is 8.21. The van der Waals surface area contributed by atoms with E-state index in [9.17, 15) is 16.8 Å². The lowest BCUT2D eigenvalue weighted by atomic mass is 9.87. The van der Waals surface area contributed by atoms with Crippen molar-refractivity contribution >= 4 is 20.2 Å². The molecule has 0 saturated heterocycles. The summed E-state index contributed by atoms with van der Waals surface area (Å²) < 4.78 is 62.9. The number of rotatable bonds is 2. The van der Waals surface area contributed by atoms with E-state index in [1.807, 2.05) is 0 Å². The summed E-state index contributed by atoms with van der Waals surface area (Å²) in [7, 11) is -8.78. The topological polar surface area (TPSA) is 109 Å². The van der Waals surface area contributed by atoms with E-state index in [4.69, 9.17) is 9.11 Å². The normalized spacial score (nSPS) is 27.4. The summed E-state index contributed by atoms with van der Waals surface area (Å²) in [5, 5.41) is -1.25. The third-order valence-electron chi connectivity index (χ3n) is 2.76. The lowest BCUT2D eigenvalue weighted by Gasteiger charge is -2.27. The molecule has 0 amide bonds. The molecule has 0 aromatic heterocycles. The van der Waals surface area contributed by atoms with Gasteiger partial charge in [-0.1, -0.05) is 30.4 Å². The molecule has 6 nitrogen and oxygen atoms in total. The van der Waals surface area contributed by atoms with Crippen LogP contribution in [0.2, 0.25) is 0 Å². The molecule has 0 aromatic carbocycles. The van der Waals surface area contributed by atoms with Gasteiger partial charge in [-0.2, -0.15) is 16.8 Å². The number of allylic oxidation sites excluding steroid dienone is 6. The minimum Gasteiger partial charge on any atom is -0.285 e. The van der Waals surface area contributed by atoms with E-state index in [2.05, 4.69) is 0 Å². The summed E-state index contributed by atoms with van der Waals surface area (Å²) in [6.45, 7) is 0. The molecule has 0 saturated carbocycles. The summed E-state index contributed by atoms with van der Waals surface area (Å²) in [6.07, 6.45) is 7.97. The van der Waals surface area contributed by atoms with Crippen LogP contribution in [-0.4, -0.2) is 31.2 Å². The number of hydrogen-bond acceptors (Lipinski definition) is 4. The molecule has 0 spiro atoms. The zero-order valence-electron chi connectivity index (χ0n) is 8.96. The van der Waals surface area contributed by atoms with Gasteiger partial charge in [0, 0.05) is 5.92 Å². The molecule has 0 radical (unpaired) electrons. The zero-order chi connectivity index (χ0) is 13.6. The van der Waals surface area contributed by atoms with Crippen LogP contribution in [0.25, 0.3) is 0 Å². The molecule has 2 atom stereocenters. The van der Waals surface area contributed by atoms with Gasteiger partial charge in [-0.3, -0.25) is 9.11 Å². The average Bonchev–Trinajstić information content (AvgIpc) is 2.24. The SMILES string of the molecule is O=S(=O)(O)C1=CC=CC2C1=CC=CC2S(=O)(=O)O. The van der Waals surface area contributed by atoms with E-state index in [0.717, 1.165) is 0 Å². The fourth-order valence-corrected chi connectivity index (χ4v) is 3.66. The third kappa shape index (κ3) is 2.32. The predicted octanol–water partition coefficient (Wildman–Crippen LogP) is 0.697. The molecule has 2 aliphatic rings. The van der Waals surface area contributed by atoms with Crippen molar-refractivity contribution in [3.8, 4) is 0 Å². The summed E-state index contributed by atoms with van der Waals surface area (Å²) >= 11 is 0. The Morgan fingerprint density at radius 1 is 0.944 bits per heavy atom. The molecule has 18 heavy (non-hydrogen) atoms. The second-order valence-electron chi connectivity index (χ2n) is 3.90. The van der Waals surface area contributed by atoms with Crippen molar-refractivity contribution < 1.29 is 25.9 Å². The van der Waals surface area contributed by atoms with E-state index >= 15 is 0 Å². The van der Waals surface area contributed by atoms with Gasteiger partial charge in [-0.25, -0.2) is 0 Å². The smallest absolute Gasteiger partial charge is 0.285 e. The quantitative estimate of drug-likeness (QED) is 0.724. The molecule has 0 aliphatic heterocycles. The lowest BCUT2D eigenvalue weighted by Crippen LogP contribution is -2.31. The first-order valence-corrected chi connectivity index (χ1v) is 7.86. The molecule has 2 rings (SSSR count). The van der Waals surface area contributed by atoms with Crippen LogP contribution in [0.5, 0.6) is 0 Å². The Morgan fingerprint density at radius 2 is 1.56 bits per heavy atom. The molecule has 98 valence electrons. The maximum absolute atomic E-state index is 11.2. The Labute approximate surface area is 105 Å². The average molecular weight is 290 g/mol. The van der Waals surface area contributed by atoms with E-state index in [1.54, 1.807) is 0 Å². The van der Waals surface area contributed by atoms with Gasteiger partial charge in [0.15, 0.2) is 0 Å². The van der Waals surface area contributed by atoms with Crippen molar-refractivity contribution in [2.75, 3.05) is 0 Å². The van der Waals surface area contributed by atoms with Gasteiger partial charge in [0.1, 0.15) is 5.25 Å².